The van der Waals surface area contributed by atoms with Gasteiger partial charge in [-0.15, -0.1) is 12.4 Å². The van der Waals surface area contributed by atoms with Gasteiger partial charge in [-0.25, -0.2) is 8.42 Å². The molecule has 3 heterocycles. The number of benzene rings is 2. The summed E-state index contributed by atoms with van der Waals surface area (Å²) in [5.74, 6) is 1.15. The minimum atomic E-state index is -3.93. The van der Waals surface area contributed by atoms with Crippen LogP contribution in [0.25, 0.3) is 0 Å². The maximum atomic E-state index is 13.4. The third kappa shape index (κ3) is 5.42. The van der Waals surface area contributed by atoms with Crippen LogP contribution in [0.3, 0.4) is 0 Å². The SMILES string of the molecule is COc1cc2c(c3c1OC(C)(C)C3)C(c1cccc(S(=O)(=O)NC3CCCCNC3=O)c1)=NC(C)(C)C2.Cl. The Labute approximate surface area is 231 Å². The lowest BCUT2D eigenvalue weighted by Crippen LogP contribution is -2.45. The van der Waals surface area contributed by atoms with E-state index in [2.05, 4.69) is 23.9 Å². The summed E-state index contributed by atoms with van der Waals surface area (Å²) < 4.78 is 41.3. The number of nitrogens with one attached hydrogen (secondary N) is 2. The van der Waals surface area contributed by atoms with Gasteiger partial charge < -0.3 is 14.8 Å². The molecule has 0 bridgehead atoms. The van der Waals surface area contributed by atoms with Crippen LogP contribution in [0.15, 0.2) is 40.2 Å². The van der Waals surface area contributed by atoms with Crippen molar-refractivity contribution in [3.63, 3.8) is 0 Å². The summed E-state index contributed by atoms with van der Waals surface area (Å²) in [5.41, 5.74) is 3.81. The highest BCUT2D eigenvalue weighted by Crippen LogP contribution is 2.47. The Morgan fingerprint density at radius 2 is 1.89 bits per heavy atom. The summed E-state index contributed by atoms with van der Waals surface area (Å²) in [6.07, 6.45) is 3.51. The molecular formula is C28H36ClN3O5S. The number of ether oxygens (including phenoxy) is 2. The second-order valence-electron chi connectivity index (χ2n) is 11.4. The fraction of sp³-hybridized carbons (Fsp3) is 0.500. The van der Waals surface area contributed by atoms with Gasteiger partial charge in [0.05, 0.1) is 23.3 Å². The average molecular weight is 562 g/mol. The Kier molecular flexibility index (Phi) is 7.60. The fourth-order valence-electron chi connectivity index (χ4n) is 5.55. The molecule has 0 radical (unpaired) electrons. The molecule has 2 aromatic carbocycles. The Morgan fingerprint density at radius 1 is 1.13 bits per heavy atom. The highest BCUT2D eigenvalue weighted by atomic mass is 35.5. The zero-order chi connectivity index (χ0) is 26.6. The number of halogens is 1. The highest BCUT2D eigenvalue weighted by Gasteiger charge is 2.40. The number of carbonyl (C=O) groups excluding carboxylic acids is 1. The van der Waals surface area contributed by atoms with Crippen LogP contribution in [-0.2, 0) is 27.7 Å². The lowest BCUT2D eigenvalue weighted by Gasteiger charge is -2.31. The monoisotopic (exact) mass is 561 g/mol. The fourth-order valence-corrected chi connectivity index (χ4v) is 6.82. The average Bonchev–Trinajstić information content (AvgIpc) is 3.02. The molecule has 10 heteroatoms. The molecule has 1 unspecified atom stereocenters. The maximum absolute atomic E-state index is 13.4. The number of sulfonamides is 1. The first-order chi connectivity index (χ1) is 17.4. The molecule has 1 fully saturated rings. The van der Waals surface area contributed by atoms with E-state index in [1.54, 1.807) is 25.3 Å². The molecule has 5 rings (SSSR count). The molecule has 3 aliphatic rings. The van der Waals surface area contributed by atoms with Crippen molar-refractivity contribution < 1.29 is 22.7 Å². The van der Waals surface area contributed by atoms with Gasteiger partial charge >= 0.3 is 0 Å². The van der Waals surface area contributed by atoms with Gasteiger partial charge in [0.2, 0.25) is 15.9 Å². The molecule has 0 aromatic heterocycles. The number of fused-ring (bicyclic) bond motifs is 3. The molecule has 1 atom stereocenters. The van der Waals surface area contributed by atoms with Crippen molar-refractivity contribution in [1.29, 1.82) is 0 Å². The van der Waals surface area contributed by atoms with E-state index in [1.807, 2.05) is 26.0 Å². The second kappa shape index (κ2) is 10.2. The van der Waals surface area contributed by atoms with Gasteiger partial charge in [-0.1, -0.05) is 12.1 Å². The Balaban J connectivity index is 0.00000336. The topological polar surface area (TPSA) is 106 Å². The number of amides is 1. The van der Waals surface area contributed by atoms with Crippen LogP contribution in [0.4, 0.5) is 0 Å². The van der Waals surface area contributed by atoms with Gasteiger partial charge in [0.15, 0.2) is 11.5 Å². The smallest absolute Gasteiger partial charge is 0.241 e. The molecule has 2 N–H and O–H groups in total. The summed E-state index contributed by atoms with van der Waals surface area (Å²) >= 11 is 0. The van der Waals surface area contributed by atoms with Gasteiger partial charge in [0.1, 0.15) is 11.6 Å². The lowest BCUT2D eigenvalue weighted by molar-refractivity contribution is -0.122. The largest absolute Gasteiger partial charge is 0.493 e. The van der Waals surface area contributed by atoms with Crippen molar-refractivity contribution in [3.8, 4) is 11.5 Å². The van der Waals surface area contributed by atoms with Crippen LogP contribution in [-0.4, -0.2) is 50.9 Å². The zero-order valence-electron chi connectivity index (χ0n) is 22.5. The summed E-state index contributed by atoms with van der Waals surface area (Å²) in [5, 5.41) is 2.78. The first-order valence-electron chi connectivity index (χ1n) is 12.8. The van der Waals surface area contributed by atoms with Gasteiger partial charge in [0, 0.05) is 29.7 Å². The summed E-state index contributed by atoms with van der Waals surface area (Å²) in [7, 11) is -2.28. The first kappa shape index (κ1) is 28.4. The predicted octanol–water partition coefficient (Wildman–Crippen LogP) is 3.95. The lowest BCUT2D eigenvalue weighted by atomic mass is 9.81. The van der Waals surface area contributed by atoms with Gasteiger partial charge in [-0.2, -0.15) is 4.72 Å². The van der Waals surface area contributed by atoms with Crippen molar-refractivity contribution in [2.45, 2.75) is 81.9 Å². The summed E-state index contributed by atoms with van der Waals surface area (Å²) in [4.78, 5) is 17.6. The van der Waals surface area contributed by atoms with E-state index in [0.29, 0.717) is 30.7 Å². The number of methoxy groups -OCH3 is 1. The highest BCUT2D eigenvalue weighted by molar-refractivity contribution is 7.89. The van der Waals surface area contributed by atoms with Crippen LogP contribution in [0.2, 0.25) is 0 Å². The molecule has 0 spiro atoms. The van der Waals surface area contributed by atoms with Crippen LogP contribution in [0.1, 0.15) is 69.2 Å². The van der Waals surface area contributed by atoms with Crippen LogP contribution < -0.4 is 19.5 Å². The van der Waals surface area contributed by atoms with E-state index in [9.17, 15) is 13.2 Å². The first-order valence-corrected chi connectivity index (χ1v) is 14.3. The quantitative estimate of drug-likeness (QED) is 0.575. The normalized spacial score (nSPS) is 21.6. The molecule has 8 nitrogen and oxygen atoms in total. The summed E-state index contributed by atoms with van der Waals surface area (Å²) in [6.45, 7) is 8.80. The van der Waals surface area contributed by atoms with Gasteiger partial charge in [-0.05, 0) is 77.1 Å². The predicted molar refractivity (Wildman–Crippen MR) is 149 cm³/mol. The molecule has 2 aromatic rings. The minimum Gasteiger partial charge on any atom is -0.493 e. The molecule has 206 valence electrons. The standard InChI is InChI=1S/C28H35N3O5S.ClH/c1-27(2)15-18-14-22(35-5)25-20(16-28(3,4)36-25)23(18)24(30-27)17-9-8-10-19(13-17)37(33,34)31-21-11-6-7-12-29-26(21)32;/h8-10,13-14,21,31H,6-7,11-12,15-16H2,1-5H3,(H,29,32);1H. The zero-order valence-corrected chi connectivity index (χ0v) is 24.1. The molecular weight excluding hydrogens is 526 g/mol. The Morgan fingerprint density at radius 3 is 2.63 bits per heavy atom. The van der Waals surface area contributed by atoms with Gasteiger partial charge in [-0.3, -0.25) is 9.79 Å². The van der Waals surface area contributed by atoms with Crippen LogP contribution in [0, 0.1) is 0 Å². The third-order valence-corrected chi connectivity index (χ3v) is 8.62. The molecule has 3 aliphatic heterocycles. The van der Waals surface area contributed by atoms with E-state index < -0.39 is 21.7 Å². The number of nitrogens with zero attached hydrogens (tertiary/aromatic N) is 1. The number of carbonyl (C=O) groups is 1. The number of hydrogen-bond acceptors (Lipinski definition) is 6. The van der Waals surface area contributed by atoms with Crippen molar-refractivity contribution in [2.75, 3.05) is 13.7 Å². The number of aliphatic imine (C=N–C) groups is 1. The van der Waals surface area contributed by atoms with E-state index in [0.717, 1.165) is 47.4 Å². The molecule has 0 saturated carbocycles. The molecule has 38 heavy (non-hydrogen) atoms. The molecule has 0 aliphatic carbocycles. The number of rotatable bonds is 5. The Bertz CT molecular complexity index is 1400. The van der Waals surface area contributed by atoms with Crippen molar-refractivity contribution in [1.82, 2.24) is 10.0 Å². The summed E-state index contributed by atoms with van der Waals surface area (Å²) in [6, 6.07) is 8.07. The third-order valence-electron chi connectivity index (χ3n) is 7.15. The van der Waals surface area contributed by atoms with E-state index >= 15 is 0 Å². The van der Waals surface area contributed by atoms with Crippen molar-refractivity contribution in [3.05, 3.63) is 52.6 Å². The maximum Gasteiger partial charge on any atom is 0.241 e. The van der Waals surface area contributed by atoms with Crippen LogP contribution in [0.5, 0.6) is 11.5 Å². The van der Waals surface area contributed by atoms with Gasteiger partial charge in [0.25, 0.3) is 0 Å². The van der Waals surface area contributed by atoms with Crippen molar-refractivity contribution in [2.24, 2.45) is 4.99 Å². The van der Waals surface area contributed by atoms with E-state index in [1.165, 1.54) is 0 Å². The molecule has 1 saturated heterocycles. The number of hydrogen-bond donors (Lipinski definition) is 2. The van der Waals surface area contributed by atoms with Crippen molar-refractivity contribution >= 4 is 34.0 Å². The second-order valence-corrected chi connectivity index (χ2v) is 13.1. The van der Waals surface area contributed by atoms with E-state index in [-0.39, 0.29) is 28.7 Å². The van der Waals surface area contributed by atoms with E-state index in [4.69, 9.17) is 14.5 Å². The Hall–Kier alpha value is -2.62. The van der Waals surface area contributed by atoms with Crippen LogP contribution >= 0.6 is 12.4 Å². The minimum absolute atomic E-state index is 0. The molecule has 1 amide bonds.